The predicted octanol–water partition coefficient (Wildman–Crippen LogP) is 2.26. The average molecular weight is 252 g/mol. The van der Waals surface area contributed by atoms with Crippen LogP contribution in [0.5, 0.6) is 0 Å². The van der Waals surface area contributed by atoms with Crippen molar-refractivity contribution in [2.75, 3.05) is 19.6 Å². The first-order valence-corrected chi connectivity index (χ1v) is 6.48. The zero-order valence-electron chi connectivity index (χ0n) is 12.0. The van der Waals surface area contributed by atoms with Crippen molar-refractivity contribution in [1.82, 2.24) is 4.90 Å². The predicted molar refractivity (Wildman–Crippen MR) is 72.7 cm³/mol. The first-order valence-electron chi connectivity index (χ1n) is 6.48. The zero-order chi connectivity index (χ0) is 13.9. The molecule has 0 saturated heterocycles. The summed E-state index contributed by atoms with van der Waals surface area (Å²) in [6.07, 6.45) is 0. The number of rotatable bonds is 5. The van der Waals surface area contributed by atoms with Gasteiger partial charge in [-0.25, -0.2) is 0 Å². The smallest absolute Gasteiger partial charge is 0.257 e. The zero-order valence-corrected chi connectivity index (χ0v) is 12.0. The van der Waals surface area contributed by atoms with Gasteiger partial charge in [0.1, 0.15) is 11.5 Å². The van der Waals surface area contributed by atoms with Crippen molar-refractivity contribution in [1.29, 1.82) is 0 Å². The quantitative estimate of drug-likeness (QED) is 0.874. The summed E-state index contributed by atoms with van der Waals surface area (Å²) in [5.41, 5.74) is 7.27. The minimum Gasteiger partial charge on any atom is -0.466 e. The maximum absolute atomic E-state index is 12.5. The minimum absolute atomic E-state index is 0.0460. The molecule has 1 amide bonds. The molecule has 0 bridgehead atoms. The van der Waals surface area contributed by atoms with Crippen molar-refractivity contribution in [3.05, 3.63) is 22.6 Å². The fourth-order valence-electron chi connectivity index (χ4n) is 2.07. The van der Waals surface area contributed by atoms with Crippen molar-refractivity contribution in [3.63, 3.8) is 0 Å². The van der Waals surface area contributed by atoms with Crippen LogP contribution in [0.4, 0.5) is 0 Å². The van der Waals surface area contributed by atoms with Crippen LogP contribution in [-0.2, 0) is 0 Å². The number of hydrogen-bond acceptors (Lipinski definition) is 3. The van der Waals surface area contributed by atoms with Crippen LogP contribution in [0.25, 0.3) is 0 Å². The van der Waals surface area contributed by atoms with Gasteiger partial charge in [-0.15, -0.1) is 0 Å². The molecule has 0 aromatic carbocycles. The van der Waals surface area contributed by atoms with Gasteiger partial charge in [-0.3, -0.25) is 4.79 Å². The molecule has 1 atom stereocenters. The Labute approximate surface area is 109 Å². The van der Waals surface area contributed by atoms with Crippen LogP contribution in [0, 0.1) is 26.7 Å². The fraction of sp³-hybridized carbons (Fsp3) is 0.643. The van der Waals surface area contributed by atoms with Gasteiger partial charge in [0.05, 0.1) is 5.56 Å². The first kappa shape index (κ1) is 14.8. The van der Waals surface area contributed by atoms with Gasteiger partial charge in [-0.1, -0.05) is 6.92 Å². The molecule has 0 aliphatic heterocycles. The lowest BCUT2D eigenvalue weighted by Crippen LogP contribution is -2.37. The third-order valence-electron chi connectivity index (χ3n) is 3.38. The second-order valence-corrected chi connectivity index (χ2v) is 4.90. The molecule has 0 spiro atoms. The minimum atomic E-state index is 0.0460. The van der Waals surface area contributed by atoms with Crippen LogP contribution in [-0.4, -0.2) is 30.4 Å². The highest BCUT2D eigenvalue weighted by molar-refractivity contribution is 5.96. The van der Waals surface area contributed by atoms with E-state index < -0.39 is 0 Å². The van der Waals surface area contributed by atoms with E-state index in [0.29, 0.717) is 36.9 Å². The van der Waals surface area contributed by atoms with Gasteiger partial charge in [0, 0.05) is 18.7 Å². The summed E-state index contributed by atoms with van der Waals surface area (Å²) in [5, 5.41) is 0. The largest absolute Gasteiger partial charge is 0.466 e. The topological polar surface area (TPSA) is 59.5 Å². The number of carbonyl (C=O) groups is 1. The number of aryl methyl sites for hydroxylation is 2. The fourth-order valence-corrected chi connectivity index (χ4v) is 2.07. The lowest BCUT2D eigenvalue weighted by Gasteiger charge is -2.24. The van der Waals surface area contributed by atoms with Gasteiger partial charge >= 0.3 is 0 Å². The van der Waals surface area contributed by atoms with Crippen LogP contribution >= 0.6 is 0 Å². The van der Waals surface area contributed by atoms with Crippen LogP contribution in [0.3, 0.4) is 0 Å². The van der Waals surface area contributed by atoms with E-state index in [1.54, 1.807) is 0 Å². The molecular formula is C14H24N2O2. The normalized spacial score (nSPS) is 12.6. The van der Waals surface area contributed by atoms with Gasteiger partial charge in [0.15, 0.2) is 0 Å². The molecule has 1 heterocycles. The van der Waals surface area contributed by atoms with Crippen LogP contribution in [0.2, 0.25) is 0 Å². The summed E-state index contributed by atoms with van der Waals surface area (Å²) < 4.78 is 5.52. The van der Waals surface area contributed by atoms with E-state index in [4.69, 9.17) is 10.2 Å². The Morgan fingerprint density at radius 3 is 2.33 bits per heavy atom. The molecule has 2 N–H and O–H groups in total. The summed E-state index contributed by atoms with van der Waals surface area (Å²) in [6.45, 7) is 11.7. The highest BCUT2D eigenvalue weighted by atomic mass is 16.3. The molecule has 0 saturated carbocycles. The summed E-state index contributed by atoms with van der Waals surface area (Å²) in [5.74, 6) is 1.87. The summed E-state index contributed by atoms with van der Waals surface area (Å²) >= 11 is 0. The average Bonchev–Trinajstić information content (AvgIpc) is 2.59. The maximum Gasteiger partial charge on any atom is 0.257 e. The van der Waals surface area contributed by atoms with Gasteiger partial charge in [-0.2, -0.15) is 0 Å². The van der Waals surface area contributed by atoms with E-state index in [1.165, 1.54) is 0 Å². The van der Waals surface area contributed by atoms with Crippen LogP contribution < -0.4 is 5.73 Å². The number of carbonyl (C=O) groups excluding carboxylic acids is 1. The van der Waals surface area contributed by atoms with Crippen molar-refractivity contribution in [2.24, 2.45) is 11.7 Å². The van der Waals surface area contributed by atoms with Crippen LogP contribution in [0.15, 0.2) is 4.42 Å². The Bertz CT molecular complexity index is 424. The van der Waals surface area contributed by atoms with Crippen molar-refractivity contribution in [2.45, 2.75) is 34.6 Å². The van der Waals surface area contributed by atoms with E-state index in [9.17, 15) is 4.79 Å². The standard InChI is InChI=1S/C14H24N2O2/c1-6-16(8-9(2)7-15)14(17)13-10(3)11(4)18-12(13)5/h9H,6-8,15H2,1-5H3. The lowest BCUT2D eigenvalue weighted by molar-refractivity contribution is 0.0741. The molecule has 0 aliphatic carbocycles. The summed E-state index contributed by atoms with van der Waals surface area (Å²) in [6, 6.07) is 0. The molecule has 0 fully saturated rings. The molecule has 4 nitrogen and oxygen atoms in total. The molecule has 102 valence electrons. The third kappa shape index (κ3) is 2.93. The second-order valence-electron chi connectivity index (χ2n) is 4.90. The summed E-state index contributed by atoms with van der Waals surface area (Å²) in [7, 11) is 0. The van der Waals surface area contributed by atoms with Crippen molar-refractivity contribution >= 4 is 5.91 Å². The number of nitrogens with zero attached hydrogens (tertiary/aromatic N) is 1. The molecule has 0 aliphatic rings. The molecule has 1 aromatic heterocycles. The molecule has 4 heteroatoms. The Balaban J connectivity index is 2.96. The lowest BCUT2D eigenvalue weighted by atomic mass is 10.1. The molecule has 1 unspecified atom stereocenters. The molecular weight excluding hydrogens is 228 g/mol. The Morgan fingerprint density at radius 2 is 1.94 bits per heavy atom. The number of nitrogens with two attached hydrogens (primary N) is 1. The molecule has 18 heavy (non-hydrogen) atoms. The Kier molecular flexibility index (Phi) is 4.96. The van der Waals surface area contributed by atoms with E-state index in [2.05, 4.69) is 6.92 Å². The Hall–Kier alpha value is -1.29. The van der Waals surface area contributed by atoms with Gasteiger partial charge in [-0.05, 0) is 40.2 Å². The monoisotopic (exact) mass is 252 g/mol. The highest BCUT2D eigenvalue weighted by Gasteiger charge is 2.23. The summed E-state index contributed by atoms with van der Waals surface area (Å²) in [4.78, 5) is 14.3. The van der Waals surface area contributed by atoms with E-state index in [0.717, 1.165) is 11.3 Å². The Morgan fingerprint density at radius 1 is 1.33 bits per heavy atom. The molecule has 1 aromatic rings. The first-order chi connectivity index (χ1) is 8.42. The van der Waals surface area contributed by atoms with E-state index in [1.807, 2.05) is 32.6 Å². The second kappa shape index (κ2) is 6.05. The number of amides is 1. The van der Waals surface area contributed by atoms with E-state index in [-0.39, 0.29) is 5.91 Å². The van der Waals surface area contributed by atoms with Crippen LogP contribution in [0.1, 0.15) is 41.3 Å². The van der Waals surface area contributed by atoms with Gasteiger partial charge < -0.3 is 15.1 Å². The molecule has 0 radical (unpaired) electrons. The third-order valence-corrected chi connectivity index (χ3v) is 3.38. The number of hydrogen-bond donors (Lipinski definition) is 1. The van der Waals surface area contributed by atoms with Gasteiger partial charge in [0.25, 0.3) is 5.91 Å². The highest BCUT2D eigenvalue weighted by Crippen LogP contribution is 2.22. The van der Waals surface area contributed by atoms with Crippen molar-refractivity contribution in [3.8, 4) is 0 Å². The van der Waals surface area contributed by atoms with Gasteiger partial charge in [0.2, 0.25) is 0 Å². The SMILES string of the molecule is CCN(CC(C)CN)C(=O)c1c(C)oc(C)c1C. The van der Waals surface area contributed by atoms with E-state index >= 15 is 0 Å². The van der Waals surface area contributed by atoms with Crippen molar-refractivity contribution < 1.29 is 9.21 Å². The molecule has 1 rings (SSSR count). The maximum atomic E-state index is 12.5. The number of furan rings is 1.